The van der Waals surface area contributed by atoms with Gasteiger partial charge in [0.05, 0.1) is 0 Å². The van der Waals surface area contributed by atoms with Crippen molar-refractivity contribution in [2.75, 3.05) is 5.32 Å². The van der Waals surface area contributed by atoms with Crippen molar-refractivity contribution in [1.82, 2.24) is 10.1 Å². The number of nitrogens with zero attached hydrogens (tertiary/aromatic N) is 2. The van der Waals surface area contributed by atoms with Crippen LogP contribution in [0.3, 0.4) is 0 Å². The first-order chi connectivity index (χ1) is 7.69. The lowest BCUT2D eigenvalue weighted by Gasteiger charge is -1.95. The molecule has 0 aliphatic heterocycles. The molecule has 16 heavy (non-hydrogen) atoms. The zero-order valence-electron chi connectivity index (χ0n) is 8.56. The molecule has 7 heteroatoms. The maximum absolute atomic E-state index is 11.7. The van der Waals surface area contributed by atoms with E-state index in [2.05, 4.69) is 15.5 Å². The van der Waals surface area contributed by atoms with Gasteiger partial charge in [-0.25, -0.2) is 4.98 Å². The zero-order chi connectivity index (χ0) is 11.5. The van der Waals surface area contributed by atoms with Crippen molar-refractivity contribution in [3.8, 4) is 0 Å². The molecule has 2 aromatic rings. The maximum Gasteiger partial charge on any atom is 0.276 e. The van der Waals surface area contributed by atoms with Crippen molar-refractivity contribution in [2.45, 2.75) is 13.5 Å². The highest BCUT2D eigenvalue weighted by Gasteiger charge is 2.12. The molecule has 1 amide bonds. The highest BCUT2D eigenvalue weighted by molar-refractivity contribution is 7.09. The molecule has 0 bridgehead atoms. The number of aryl methyl sites for hydroxylation is 1. The van der Waals surface area contributed by atoms with Crippen molar-refractivity contribution in [1.29, 1.82) is 0 Å². The molecule has 0 radical (unpaired) electrons. The van der Waals surface area contributed by atoms with Gasteiger partial charge in [-0.05, 0) is 6.92 Å². The minimum atomic E-state index is -0.316. The smallest absolute Gasteiger partial charge is 0.276 e. The number of rotatable bonds is 3. The summed E-state index contributed by atoms with van der Waals surface area (Å²) in [6.45, 7) is 2.08. The summed E-state index contributed by atoms with van der Waals surface area (Å²) in [6, 6.07) is 1.63. The number of anilines is 1. The lowest BCUT2D eigenvalue weighted by Crippen LogP contribution is -2.12. The lowest BCUT2D eigenvalue weighted by atomic mass is 10.4. The SMILES string of the molecule is Cc1cc(NC(=O)c2csc(CN)n2)no1. The molecule has 0 aromatic carbocycles. The van der Waals surface area contributed by atoms with Gasteiger partial charge in [-0.3, -0.25) is 4.79 Å². The first-order valence-electron chi connectivity index (χ1n) is 4.58. The first-order valence-corrected chi connectivity index (χ1v) is 5.46. The third-order valence-electron chi connectivity index (χ3n) is 1.83. The van der Waals surface area contributed by atoms with Crippen LogP contribution in [0.1, 0.15) is 21.3 Å². The topological polar surface area (TPSA) is 94.0 Å². The number of amides is 1. The van der Waals surface area contributed by atoms with E-state index < -0.39 is 0 Å². The Kier molecular flexibility index (Phi) is 2.97. The normalized spacial score (nSPS) is 10.4. The highest BCUT2D eigenvalue weighted by Crippen LogP contribution is 2.12. The maximum atomic E-state index is 11.7. The van der Waals surface area contributed by atoms with E-state index in [9.17, 15) is 4.79 Å². The molecule has 0 unspecified atom stereocenters. The second kappa shape index (κ2) is 4.42. The summed E-state index contributed by atoms with van der Waals surface area (Å²) < 4.78 is 4.83. The Morgan fingerprint density at radius 3 is 3.06 bits per heavy atom. The third-order valence-corrected chi connectivity index (χ3v) is 2.70. The van der Waals surface area contributed by atoms with Crippen LogP contribution in [0.5, 0.6) is 0 Å². The number of nitrogens with two attached hydrogens (primary N) is 1. The molecule has 2 aromatic heterocycles. The molecule has 0 saturated heterocycles. The number of carbonyl (C=O) groups is 1. The standard InChI is InChI=1S/C9H10N4O2S/c1-5-2-7(13-15-5)12-9(14)6-4-16-8(3-10)11-6/h2,4H,3,10H2,1H3,(H,12,13,14). The fourth-order valence-corrected chi connectivity index (χ4v) is 1.77. The summed E-state index contributed by atoms with van der Waals surface area (Å²) in [7, 11) is 0. The zero-order valence-corrected chi connectivity index (χ0v) is 9.37. The number of aromatic nitrogens is 2. The molecule has 0 spiro atoms. The molecule has 0 aliphatic rings. The summed E-state index contributed by atoms with van der Waals surface area (Å²) in [5.41, 5.74) is 5.75. The Labute approximate surface area is 95.5 Å². The molecule has 2 heterocycles. The van der Waals surface area contributed by atoms with Crippen molar-refractivity contribution in [2.24, 2.45) is 5.73 Å². The van der Waals surface area contributed by atoms with Crippen molar-refractivity contribution >= 4 is 23.1 Å². The van der Waals surface area contributed by atoms with E-state index in [0.717, 1.165) is 5.01 Å². The van der Waals surface area contributed by atoms with Crippen molar-refractivity contribution in [3.05, 3.63) is 27.9 Å². The van der Waals surface area contributed by atoms with E-state index >= 15 is 0 Å². The Morgan fingerprint density at radius 2 is 2.50 bits per heavy atom. The van der Waals surface area contributed by atoms with Gasteiger partial charge in [-0.2, -0.15) is 0 Å². The molecule has 6 nitrogen and oxygen atoms in total. The number of nitrogens with one attached hydrogen (secondary N) is 1. The van der Waals surface area contributed by atoms with Crippen LogP contribution >= 0.6 is 11.3 Å². The average Bonchev–Trinajstić information content (AvgIpc) is 2.87. The molecule has 0 fully saturated rings. The Balaban J connectivity index is 2.08. The van der Waals surface area contributed by atoms with Gasteiger partial charge in [0.25, 0.3) is 5.91 Å². The second-order valence-corrected chi connectivity index (χ2v) is 4.05. The van der Waals surface area contributed by atoms with Crippen LogP contribution in [-0.4, -0.2) is 16.0 Å². The fraction of sp³-hybridized carbons (Fsp3) is 0.222. The molecule has 0 atom stereocenters. The molecule has 3 N–H and O–H groups in total. The quantitative estimate of drug-likeness (QED) is 0.836. The number of hydrogen-bond donors (Lipinski definition) is 2. The average molecular weight is 238 g/mol. The highest BCUT2D eigenvalue weighted by atomic mass is 32.1. The predicted molar refractivity (Wildman–Crippen MR) is 59.2 cm³/mol. The number of thiazole rings is 1. The molecule has 84 valence electrons. The van der Waals surface area contributed by atoms with E-state index in [-0.39, 0.29) is 5.91 Å². The monoisotopic (exact) mass is 238 g/mol. The van der Waals surface area contributed by atoms with E-state index in [1.807, 2.05) is 0 Å². The third kappa shape index (κ3) is 2.26. The second-order valence-electron chi connectivity index (χ2n) is 3.11. The van der Waals surface area contributed by atoms with E-state index in [0.29, 0.717) is 23.8 Å². The summed E-state index contributed by atoms with van der Waals surface area (Å²) in [5.74, 6) is 0.699. The van der Waals surface area contributed by atoms with E-state index in [1.165, 1.54) is 11.3 Å². The Morgan fingerprint density at radius 1 is 1.69 bits per heavy atom. The summed E-state index contributed by atoms with van der Waals surface area (Å²) >= 11 is 1.35. The van der Waals surface area contributed by atoms with Crippen molar-refractivity contribution < 1.29 is 9.32 Å². The van der Waals surface area contributed by atoms with Crippen LogP contribution in [0.15, 0.2) is 16.0 Å². The Bertz CT molecular complexity index is 505. The molecule has 0 saturated carbocycles. The predicted octanol–water partition coefficient (Wildman–Crippen LogP) is 1.15. The van der Waals surface area contributed by atoms with Crippen LogP contribution < -0.4 is 11.1 Å². The summed E-state index contributed by atoms with van der Waals surface area (Å²) in [6.07, 6.45) is 0. The largest absolute Gasteiger partial charge is 0.360 e. The van der Waals surface area contributed by atoms with Gasteiger partial charge < -0.3 is 15.6 Å². The molecular formula is C9H10N4O2S. The molecular weight excluding hydrogens is 228 g/mol. The number of carbonyl (C=O) groups excluding carboxylic acids is 1. The fourth-order valence-electron chi connectivity index (χ4n) is 1.11. The minimum absolute atomic E-state index is 0.316. The number of hydrogen-bond acceptors (Lipinski definition) is 6. The van der Waals surface area contributed by atoms with Crippen LogP contribution in [0.25, 0.3) is 0 Å². The molecule has 0 aliphatic carbocycles. The van der Waals surface area contributed by atoms with Gasteiger partial charge in [0.2, 0.25) is 0 Å². The molecule has 2 rings (SSSR count). The van der Waals surface area contributed by atoms with Gasteiger partial charge in [0, 0.05) is 18.0 Å². The summed E-state index contributed by atoms with van der Waals surface area (Å²) in [4.78, 5) is 15.7. The van der Waals surface area contributed by atoms with E-state index in [4.69, 9.17) is 10.3 Å². The van der Waals surface area contributed by atoms with Crippen LogP contribution in [0, 0.1) is 6.92 Å². The van der Waals surface area contributed by atoms with Crippen LogP contribution in [0.4, 0.5) is 5.82 Å². The Hall–Kier alpha value is -1.73. The van der Waals surface area contributed by atoms with E-state index in [1.54, 1.807) is 18.4 Å². The van der Waals surface area contributed by atoms with Crippen molar-refractivity contribution in [3.63, 3.8) is 0 Å². The lowest BCUT2D eigenvalue weighted by molar-refractivity contribution is 0.102. The van der Waals surface area contributed by atoms with Gasteiger partial charge in [-0.1, -0.05) is 5.16 Å². The van der Waals surface area contributed by atoms with Crippen LogP contribution in [0.2, 0.25) is 0 Å². The first kappa shape index (κ1) is 10.8. The minimum Gasteiger partial charge on any atom is -0.360 e. The van der Waals surface area contributed by atoms with Gasteiger partial charge in [0.15, 0.2) is 5.82 Å². The summed E-state index contributed by atoms with van der Waals surface area (Å²) in [5, 5.41) is 8.61. The van der Waals surface area contributed by atoms with Crippen LogP contribution in [-0.2, 0) is 6.54 Å². The van der Waals surface area contributed by atoms with Gasteiger partial charge in [0.1, 0.15) is 16.5 Å². The van der Waals surface area contributed by atoms with Gasteiger partial charge >= 0.3 is 0 Å². The van der Waals surface area contributed by atoms with Gasteiger partial charge in [-0.15, -0.1) is 11.3 Å².